The van der Waals surface area contributed by atoms with Crippen LogP contribution in [0.3, 0.4) is 0 Å². The van der Waals surface area contributed by atoms with Crippen LogP contribution in [0.4, 0.5) is 10.2 Å². The molecule has 0 unspecified atom stereocenters. The van der Waals surface area contributed by atoms with Gasteiger partial charge >= 0.3 is 0 Å². The molecule has 1 amide bonds. The summed E-state index contributed by atoms with van der Waals surface area (Å²) in [7, 11) is 0. The average Bonchev–Trinajstić information content (AvgIpc) is 3.50. The molecule has 13 heteroatoms. The fraction of sp³-hybridized carbons (Fsp3) is 0.432. The number of rotatable bonds is 8. The van der Waals surface area contributed by atoms with Crippen molar-refractivity contribution in [3.05, 3.63) is 83.9 Å². The standard InChI is InChI=1S/C37H42FN9O3/c1-36(2,45-15-17-46(18-16-45)37(3)22-49-23-37)20-30(40-4)35(48)44-14-8-9-25(21-44)47-34-31(33(39)41-24-42-34)32(43-47)28-13-12-27(19-29(28)38)50-26-10-6-5-7-11-26/h5-7,10-13,19-20,24-25H,8-9,14-18,21-23H2,1-3H3,(H2,39,41,42)/b30-20-/t25-/m1/s1. The van der Waals surface area contributed by atoms with Crippen LogP contribution in [0.5, 0.6) is 11.5 Å². The number of nitrogens with two attached hydrogens (primary N) is 1. The molecule has 7 rings (SSSR count). The molecule has 1 atom stereocenters. The second-order valence-corrected chi connectivity index (χ2v) is 14.1. The molecule has 3 aliphatic heterocycles. The first-order chi connectivity index (χ1) is 24.1. The van der Waals surface area contributed by atoms with Crippen LogP contribution in [-0.2, 0) is 9.53 Å². The van der Waals surface area contributed by atoms with Crippen LogP contribution in [0.2, 0.25) is 0 Å². The maximum absolute atomic E-state index is 15.7. The lowest BCUT2D eigenvalue weighted by Crippen LogP contribution is -2.66. The Labute approximate surface area is 291 Å². The molecule has 2 N–H and O–H groups in total. The van der Waals surface area contributed by atoms with E-state index >= 15 is 4.39 Å². The normalized spacial score (nSPS) is 20.3. The number of nitrogens with zero attached hydrogens (tertiary/aromatic N) is 8. The lowest BCUT2D eigenvalue weighted by molar-refractivity contribution is -0.142. The van der Waals surface area contributed by atoms with E-state index in [2.05, 4.69) is 45.4 Å². The van der Waals surface area contributed by atoms with E-state index in [1.807, 2.05) is 24.3 Å². The van der Waals surface area contributed by atoms with Gasteiger partial charge in [-0.25, -0.2) is 23.9 Å². The summed E-state index contributed by atoms with van der Waals surface area (Å²) < 4.78 is 28.7. The molecule has 5 heterocycles. The number of aromatic nitrogens is 4. The predicted molar refractivity (Wildman–Crippen MR) is 188 cm³/mol. The maximum atomic E-state index is 15.7. The summed E-state index contributed by atoms with van der Waals surface area (Å²) in [4.78, 5) is 32.9. The molecule has 2 aromatic heterocycles. The zero-order valence-electron chi connectivity index (χ0n) is 28.7. The number of anilines is 1. The van der Waals surface area contributed by atoms with Crippen molar-refractivity contribution in [3.63, 3.8) is 0 Å². The van der Waals surface area contributed by atoms with E-state index in [-0.39, 0.29) is 34.6 Å². The van der Waals surface area contributed by atoms with Gasteiger partial charge in [0.15, 0.2) is 5.65 Å². The molecule has 12 nitrogen and oxygen atoms in total. The minimum atomic E-state index is -0.532. The molecule has 0 bridgehead atoms. The number of ether oxygens (including phenoxy) is 2. The maximum Gasteiger partial charge on any atom is 0.252 e. The topological polar surface area (TPSA) is 119 Å². The third-order valence-corrected chi connectivity index (χ3v) is 10.2. The first kappa shape index (κ1) is 33.6. The van der Waals surface area contributed by atoms with Crippen molar-refractivity contribution in [1.29, 1.82) is 0 Å². The Balaban J connectivity index is 1.11. The number of likely N-dealkylation sites (tertiary alicyclic amines) is 1. The van der Waals surface area contributed by atoms with Gasteiger partial charge in [0, 0.05) is 56.4 Å². The van der Waals surface area contributed by atoms with E-state index in [1.165, 1.54) is 12.4 Å². The highest BCUT2D eigenvalue weighted by Gasteiger charge is 2.42. The molecule has 0 aliphatic carbocycles. The van der Waals surface area contributed by atoms with E-state index in [1.54, 1.807) is 33.8 Å². The lowest BCUT2D eigenvalue weighted by Gasteiger charge is -2.52. The fourth-order valence-corrected chi connectivity index (χ4v) is 7.29. The summed E-state index contributed by atoms with van der Waals surface area (Å²) in [6, 6.07) is 13.5. The van der Waals surface area contributed by atoms with Crippen molar-refractivity contribution in [2.45, 2.75) is 50.7 Å². The number of piperazine rings is 1. The number of carbonyl (C=O) groups excluding carboxylic acids is 1. The van der Waals surface area contributed by atoms with E-state index in [9.17, 15) is 4.79 Å². The summed E-state index contributed by atoms with van der Waals surface area (Å²) in [5.41, 5.74) is 7.07. The number of hydrogen-bond donors (Lipinski definition) is 1. The quantitative estimate of drug-likeness (QED) is 0.199. The lowest BCUT2D eigenvalue weighted by atomic mass is 9.94. The number of hydrogen-bond acceptors (Lipinski definition) is 9. The van der Waals surface area contributed by atoms with E-state index in [4.69, 9.17) is 26.9 Å². The Morgan fingerprint density at radius 2 is 1.86 bits per heavy atom. The molecule has 3 saturated heterocycles. The highest BCUT2D eigenvalue weighted by atomic mass is 19.1. The highest BCUT2D eigenvalue weighted by Crippen LogP contribution is 2.37. The zero-order valence-corrected chi connectivity index (χ0v) is 28.7. The number of carbonyl (C=O) groups is 1. The molecule has 260 valence electrons. The Hall–Kier alpha value is -4.90. The average molecular weight is 680 g/mol. The van der Waals surface area contributed by atoms with Crippen LogP contribution in [0, 0.1) is 12.4 Å². The van der Waals surface area contributed by atoms with Gasteiger partial charge in [-0.05, 0) is 57.9 Å². The smallest absolute Gasteiger partial charge is 0.252 e. The molecule has 2 aromatic carbocycles. The third-order valence-electron chi connectivity index (χ3n) is 10.2. The van der Waals surface area contributed by atoms with Crippen molar-refractivity contribution in [1.82, 2.24) is 34.4 Å². The molecule has 4 aromatic rings. The minimum Gasteiger partial charge on any atom is -0.457 e. The SMILES string of the molecule is [C-]#[N+]/C(=C\C(C)(C)N1CCN(C2(C)COC2)CC1)C(=O)N1CCC[C@@H](n2nc(-c3ccc(Oc4ccccc4)cc3F)c3c(N)ncnc32)C1. The Bertz CT molecular complexity index is 1960. The van der Waals surface area contributed by atoms with Crippen LogP contribution in [0.15, 0.2) is 66.6 Å². The third kappa shape index (κ3) is 6.42. The monoisotopic (exact) mass is 679 g/mol. The molecular weight excluding hydrogens is 637 g/mol. The zero-order chi connectivity index (χ0) is 35.0. The van der Waals surface area contributed by atoms with Crippen molar-refractivity contribution < 1.29 is 18.7 Å². The fourth-order valence-electron chi connectivity index (χ4n) is 7.29. The van der Waals surface area contributed by atoms with Crippen LogP contribution >= 0.6 is 0 Å². The first-order valence-corrected chi connectivity index (χ1v) is 17.1. The van der Waals surface area contributed by atoms with Crippen molar-refractivity contribution in [3.8, 4) is 22.8 Å². The number of para-hydroxylation sites is 1. The predicted octanol–water partition coefficient (Wildman–Crippen LogP) is 5.16. The molecule has 0 radical (unpaired) electrons. The molecule has 3 fully saturated rings. The number of benzene rings is 2. The molecule has 0 saturated carbocycles. The summed E-state index contributed by atoms with van der Waals surface area (Å²) in [5.74, 6) is 0.285. The Morgan fingerprint density at radius 3 is 2.54 bits per heavy atom. The van der Waals surface area contributed by atoms with Crippen molar-refractivity contribution >= 4 is 22.8 Å². The van der Waals surface area contributed by atoms with Gasteiger partial charge in [-0.3, -0.25) is 14.6 Å². The van der Waals surface area contributed by atoms with Crippen LogP contribution in [0.25, 0.3) is 27.1 Å². The van der Waals surface area contributed by atoms with Crippen LogP contribution in [-0.4, -0.2) is 104 Å². The van der Waals surface area contributed by atoms with Gasteiger partial charge in [0.25, 0.3) is 5.91 Å². The molecule has 3 aliphatic rings. The molecule has 50 heavy (non-hydrogen) atoms. The molecular formula is C37H42FN9O3. The first-order valence-electron chi connectivity index (χ1n) is 17.1. The van der Waals surface area contributed by atoms with E-state index < -0.39 is 11.4 Å². The van der Waals surface area contributed by atoms with Gasteiger partial charge in [-0.2, -0.15) is 5.10 Å². The van der Waals surface area contributed by atoms with E-state index in [0.29, 0.717) is 54.2 Å². The largest absolute Gasteiger partial charge is 0.457 e. The minimum absolute atomic E-state index is 0.100. The van der Waals surface area contributed by atoms with Crippen molar-refractivity contribution in [2.24, 2.45) is 0 Å². The summed E-state index contributed by atoms with van der Waals surface area (Å²) in [5, 5.41) is 5.29. The number of halogens is 1. The van der Waals surface area contributed by atoms with Gasteiger partial charge in [0.05, 0.1) is 36.8 Å². The summed E-state index contributed by atoms with van der Waals surface area (Å²) in [6.45, 7) is 20.2. The summed E-state index contributed by atoms with van der Waals surface area (Å²) >= 11 is 0. The highest BCUT2D eigenvalue weighted by molar-refractivity contribution is 5.98. The Kier molecular flexibility index (Phi) is 9.02. The van der Waals surface area contributed by atoms with E-state index in [0.717, 1.165) is 39.4 Å². The van der Waals surface area contributed by atoms with Gasteiger partial charge < -0.3 is 20.1 Å². The number of fused-ring (bicyclic) bond motifs is 1. The Morgan fingerprint density at radius 1 is 1.10 bits per heavy atom. The molecule has 0 spiro atoms. The number of piperidine rings is 1. The van der Waals surface area contributed by atoms with Gasteiger partial charge in [0.1, 0.15) is 35.2 Å². The second-order valence-electron chi connectivity index (χ2n) is 14.1. The van der Waals surface area contributed by atoms with Crippen LogP contribution in [0.1, 0.15) is 39.7 Å². The number of amides is 1. The van der Waals surface area contributed by atoms with Crippen molar-refractivity contribution in [2.75, 3.05) is 58.2 Å². The second kappa shape index (κ2) is 13.4. The summed E-state index contributed by atoms with van der Waals surface area (Å²) in [6.07, 6.45) is 4.60. The van der Waals surface area contributed by atoms with Gasteiger partial charge in [-0.1, -0.05) is 24.3 Å². The van der Waals surface area contributed by atoms with Crippen LogP contribution < -0.4 is 10.5 Å². The van der Waals surface area contributed by atoms with Gasteiger partial charge in [-0.15, -0.1) is 0 Å². The number of nitrogen functional groups attached to an aromatic ring is 1. The van der Waals surface area contributed by atoms with Gasteiger partial charge in [0.2, 0.25) is 5.70 Å².